The number of ether oxygens (including phenoxy) is 2. The molecule has 2 amide bonds. The van der Waals surface area contributed by atoms with Gasteiger partial charge >= 0.3 is 0 Å². The number of ketones is 1. The Hall–Kier alpha value is -3.15. The summed E-state index contributed by atoms with van der Waals surface area (Å²) in [5.41, 5.74) is 0.669. The van der Waals surface area contributed by atoms with Gasteiger partial charge in [-0.05, 0) is 37.6 Å². The SMILES string of the molecule is CCCC1Oc2ccccc2C(=O)N(CC(=O)c2cccc(OCC)c2)C1=O. The van der Waals surface area contributed by atoms with E-state index in [0.29, 0.717) is 36.5 Å². The standard InChI is InChI=1S/C22H23NO5/c1-3-8-20-22(26)23(21(25)17-11-5-6-12-19(17)28-20)14-18(24)15-9-7-10-16(13-15)27-4-2/h5-7,9-13,20H,3-4,8,14H2,1-2H3. The van der Waals surface area contributed by atoms with Gasteiger partial charge in [-0.3, -0.25) is 19.3 Å². The summed E-state index contributed by atoms with van der Waals surface area (Å²) in [6.07, 6.45) is 0.385. The topological polar surface area (TPSA) is 72.9 Å². The van der Waals surface area contributed by atoms with Gasteiger partial charge in [0.15, 0.2) is 11.9 Å². The molecule has 3 rings (SSSR count). The summed E-state index contributed by atoms with van der Waals surface area (Å²) in [5, 5.41) is 0. The third kappa shape index (κ3) is 4.06. The molecule has 1 heterocycles. The molecule has 0 aromatic heterocycles. The van der Waals surface area contributed by atoms with Crippen LogP contribution in [0.3, 0.4) is 0 Å². The summed E-state index contributed by atoms with van der Waals surface area (Å²) < 4.78 is 11.2. The molecule has 28 heavy (non-hydrogen) atoms. The molecule has 0 spiro atoms. The lowest BCUT2D eigenvalue weighted by Gasteiger charge is -2.21. The Kier molecular flexibility index (Phi) is 6.09. The van der Waals surface area contributed by atoms with E-state index in [4.69, 9.17) is 9.47 Å². The summed E-state index contributed by atoms with van der Waals surface area (Å²) in [6, 6.07) is 13.5. The van der Waals surface area contributed by atoms with Gasteiger partial charge in [0.1, 0.15) is 11.5 Å². The number of fused-ring (bicyclic) bond motifs is 1. The van der Waals surface area contributed by atoms with E-state index in [0.717, 1.165) is 4.90 Å². The minimum absolute atomic E-state index is 0.283. The number of benzene rings is 2. The Morgan fingerprint density at radius 2 is 1.89 bits per heavy atom. The molecular formula is C22H23NO5. The van der Waals surface area contributed by atoms with Crippen molar-refractivity contribution in [2.45, 2.75) is 32.8 Å². The second kappa shape index (κ2) is 8.69. The summed E-state index contributed by atoms with van der Waals surface area (Å²) in [4.78, 5) is 39.7. The van der Waals surface area contributed by atoms with Crippen molar-refractivity contribution in [2.75, 3.05) is 13.2 Å². The van der Waals surface area contributed by atoms with Crippen molar-refractivity contribution in [1.29, 1.82) is 0 Å². The van der Waals surface area contributed by atoms with Crippen LogP contribution in [0.15, 0.2) is 48.5 Å². The Morgan fingerprint density at radius 1 is 1.11 bits per heavy atom. The highest BCUT2D eigenvalue weighted by atomic mass is 16.5. The van der Waals surface area contributed by atoms with Crippen LogP contribution in [0, 0.1) is 0 Å². The van der Waals surface area contributed by atoms with Crippen LogP contribution in [0.4, 0.5) is 0 Å². The first kappa shape index (κ1) is 19.6. The van der Waals surface area contributed by atoms with Crippen molar-refractivity contribution >= 4 is 17.6 Å². The minimum Gasteiger partial charge on any atom is -0.494 e. The number of nitrogens with zero attached hydrogens (tertiary/aromatic N) is 1. The van der Waals surface area contributed by atoms with Crippen LogP contribution >= 0.6 is 0 Å². The number of carbonyl (C=O) groups is 3. The van der Waals surface area contributed by atoms with E-state index in [2.05, 4.69) is 0 Å². The van der Waals surface area contributed by atoms with Crippen LogP contribution < -0.4 is 9.47 Å². The zero-order valence-corrected chi connectivity index (χ0v) is 16.0. The van der Waals surface area contributed by atoms with Crippen molar-refractivity contribution in [3.63, 3.8) is 0 Å². The van der Waals surface area contributed by atoms with Gasteiger partial charge in [-0.15, -0.1) is 0 Å². The summed E-state index contributed by atoms with van der Waals surface area (Å²) in [7, 11) is 0. The molecule has 0 bridgehead atoms. The van der Waals surface area contributed by atoms with E-state index in [1.807, 2.05) is 13.8 Å². The van der Waals surface area contributed by atoms with Gasteiger partial charge in [0.05, 0.1) is 18.7 Å². The van der Waals surface area contributed by atoms with Crippen LogP contribution in [-0.2, 0) is 4.79 Å². The molecule has 0 N–H and O–H groups in total. The average Bonchev–Trinajstić information content (AvgIpc) is 2.80. The molecule has 6 nitrogen and oxygen atoms in total. The van der Waals surface area contributed by atoms with E-state index in [1.165, 1.54) is 0 Å². The lowest BCUT2D eigenvalue weighted by molar-refractivity contribution is -0.135. The van der Waals surface area contributed by atoms with Gasteiger partial charge in [-0.1, -0.05) is 37.6 Å². The number of hydrogen-bond acceptors (Lipinski definition) is 5. The molecular weight excluding hydrogens is 358 g/mol. The number of Topliss-reactive ketones (excluding diaryl/α,β-unsaturated/α-hetero) is 1. The fraction of sp³-hybridized carbons (Fsp3) is 0.318. The number of amides is 2. The number of imide groups is 1. The molecule has 0 radical (unpaired) electrons. The summed E-state index contributed by atoms with van der Waals surface area (Å²) in [6.45, 7) is 3.93. The average molecular weight is 381 g/mol. The number of hydrogen-bond donors (Lipinski definition) is 0. The number of rotatable bonds is 7. The van der Waals surface area contributed by atoms with Crippen molar-refractivity contribution < 1.29 is 23.9 Å². The van der Waals surface area contributed by atoms with Gasteiger partial charge in [0, 0.05) is 5.56 Å². The highest BCUT2D eigenvalue weighted by Gasteiger charge is 2.37. The fourth-order valence-corrected chi connectivity index (χ4v) is 3.12. The Morgan fingerprint density at radius 3 is 2.64 bits per heavy atom. The molecule has 0 fully saturated rings. The summed E-state index contributed by atoms with van der Waals surface area (Å²) >= 11 is 0. The predicted molar refractivity (Wildman–Crippen MR) is 104 cm³/mol. The molecule has 6 heteroatoms. The van der Waals surface area contributed by atoms with Crippen LogP contribution in [0.5, 0.6) is 11.5 Å². The zero-order chi connectivity index (χ0) is 20.1. The Labute approximate surface area is 164 Å². The van der Waals surface area contributed by atoms with Gasteiger partial charge < -0.3 is 9.47 Å². The van der Waals surface area contributed by atoms with Crippen LogP contribution in [0.2, 0.25) is 0 Å². The second-order valence-corrected chi connectivity index (χ2v) is 6.50. The second-order valence-electron chi connectivity index (χ2n) is 6.50. The lowest BCUT2D eigenvalue weighted by Crippen LogP contribution is -2.45. The van der Waals surface area contributed by atoms with Gasteiger partial charge in [-0.25, -0.2) is 0 Å². The van der Waals surface area contributed by atoms with Crippen LogP contribution in [0.1, 0.15) is 47.4 Å². The molecule has 1 unspecified atom stereocenters. The normalized spacial score (nSPS) is 16.2. The van der Waals surface area contributed by atoms with Crippen molar-refractivity contribution in [3.8, 4) is 11.5 Å². The van der Waals surface area contributed by atoms with E-state index in [1.54, 1.807) is 48.5 Å². The lowest BCUT2D eigenvalue weighted by atomic mass is 10.1. The smallest absolute Gasteiger partial charge is 0.270 e. The maximum absolute atomic E-state index is 13.0. The van der Waals surface area contributed by atoms with Crippen LogP contribution in [-0.4, -0.2) is 41.8 Å². The van der Waals surface area contributed by atoms with Gasteiger partial charge in [0.2, 0.25) is 0 Å². The van der Waals surface area contributed by atoms with Crippen molar-refractivity contribution in [3.05, 3.63) is 59.7 Å². The third-order valence-corrected chi connectivity index (χ3v) is 4.49. The predicted octanol–water partition coefficient (Wildman–Crippen LogP) is 3.50. The number of carbonyl (C=O) groups excluding carboxylic acids is 3. The first-order chi connectivity index (χ1) is 13.5. The first-order valence-electron chi connectivity index (χ1n) is 9.42. The zero-order valence-electron chi connectivity index (χ0n) is 16.0. The molecule has 2 aromatic carbocycles. The molecule has 0 saturated carbocycles. The van der Waals surface area contributed by atoms with E-state index in [-0.39, 0.29) is 17.9 Å². The first-order valence-corrected chi connectivity index (χ1v) is 9.42. The molecule has 1 atom stereocenters. The molecule has 1 aliphatic rings. The molecule has 0 saturated heterocycles. The van der Waals surface area contributed by atoms with E-state index < -0.39 is 17.9 Å². The maximum atomic E-state index is 13.0. The van der Waals surface area contributed by atoms with Crippen molar-refractivity contribution in [1.82, 2.24) is 4.90 Å². The number of para-hydroxylation sites is 1. The minimum atomic E-state index is -0.792. The highest BCUT2D eigenvalue weighted by Crippen LogP contribution is 2.27. The largest absolute Gasteiger partial charge is 0.494 e. The van der Waals surface area contributed by atoms with Gasteiger partial charge in [-0.2, -0.15) is 0 Å². The van der Waals surface area contributed by atoms with E-state index >= 15 is 0 Å². The quantitative estimate of drug-likeness (QED) is 0.542. The molecule has 0 aliphatic carbocycles. The molecule has 1 aliphatic heterocycles. The monoisotopic (exact) mass is 381 g/mol. The third-order valence-electron chi connectivity index (χ3n) is 4.49. The summed E-state index contributed by atoms with van der Waals surface area (Å²) in [5.74, 6) is -0.407. The molecule has 146 valence electrons. The Bertz CT molecular complexity index is 892. The van der Waals surface area contributed by atoms with Crippen LogP contribution in [0.25, 0.3) is 0 Å². The Balaban J connectivity index is 1.90. The van der Waals surface area contributed by atoms with E-state index in [9.17, 15) is 14.4 Å². The molecule has 2 aromatic rings. The maximum Gasteiger partial charge on any atom is 0.270 e. The highest BCUT2D eigenvalue weighted by molar-refractivity contribution is 6.12. The van der Waals surface area contributed by atoms with Gasteiger partial charge in [0.25, 0.3) is 11.8 Å². The fourth-order valence-electron chi connectivity index (χ4n) is 3.12. The van der Waals surface area contributed by atoms with Crippen molar-refractivity contribution in [2.24, 2.45) is 0 Å².